The van der Waals surface area contributed by atoms with E-state index in [0.717, 1.165) is 35.0 Å². The van der Waals surface area contributed by atoms with E-state index in [9.17, 15) is 0 Å². The smallest absolute Gasteiger partial charge is 0.0781 e. The number of methoxy groups -OCH3 is 1. The zero-order valence-corrected chi connectivity index (χ0v) is 10.7. The van der Waals surface area contributed by atoms with Crippen LogP contribution < -0.4 is 5.73 Å². The number of pyridine rings is 1. The van der Waals surface area contributed by atoms with Gasteiger partial charge < -0.3 is 10.5 Å². The van der Waals surface area contributed by atoms with Crippen LogP contribution in [0.5, 0.6) is 0 Å². The maximum atomic E-state index is 6.32. The lowest BCUT2D eigenvalue weighted by Crippen LogP contribution is -2.10. The highest BCUT2D eigenvalue weighted by Gasteiger charge is 2.17. The lowest BCUT2D eigenvalue weighted by atomic mass is 9.92. The maximum Gasteiger partial charge on any atom is 0.0781 e. The van der Waals surface area contributed by atoms with Crippen LogP contribution in [0.2, 0.25) is 0 Å². The molecule has 0 aliphatic heterocycles. The van der Waals surface area contributed by atoms with Crippen molar-refractivity contribution in [3.63, 3.8) is 0 Å². The van der Waals surface area contributed by atoms with E-state index in [4.69, 9.17) is 15.5 Å². The molecule has 94 valence electrons. The number of nitrogens with two attached hydrogens (primary N) is 1. The Kier molecular flexibility index (Phi) is 2.92. The van der Waals surface area contributed by atoms with Gasteiger partial charge in [-0.15, -0.1) is 0 Å². The Morgan fingerprint density at radius 2 is 2.11 bits per heavy atom. The number of para-hydroxylation sites is 1. The van der Waals surface area contributed by atoms with Crippen LogP contribution in [0.4, 0.5) is 5.69 Å². The first-order chi connectivity index (χ1) is 8.81. The molecular formula is C15H18N2O. The maximum absolute atomic E-state index is 6.32. The Morgan fingerprint density at radius 3 is 2.94 bits per heavy atom. The van der Waals surface area contributed by atoms with Gasteiger partial charge >= 0.3 is 0 Å². The number of hydrogen-bond acceptors (Lipinski definition) is 3. The van der Waals surface area contributed by atoms with Gasteiger partial charge in [0.25, 0.3) is 0 Å². The van der Waals surface area contributed by atoms with Gasteiger partial charge in [-0.3, -0.25) is 4.98 Å². The van der Waals surface area contributed by atoms with Gasteiger partial charge in [0.2, 0.25) is 0 Å². The third-order valence-corrected chi connectivity index (χ3v) is 3.72. The first kappa shape index (κ1) is 11.5. The fourth-order valence-corrected chi connectivity index (χ4v) is 2.81. The molecule has 2 aromatic rings. The number of benzene rings is 1. The van der Waals surface area contributed by atoms with E-state index in [1.165, 1.54) is 24.1 Å². The van der Waals surface area contributed by atoms with Crippen LogP contribution in [0.15, 0.2) is 18.2 Å². The molecule has 3 nitrogen and oxygen atoms in total. The second kappa shape index (κ2) is 4.58. The number of hydrogen-bond donors (Lipinski definition) is 1. The molecular weight excluding hydrogens is 224 g/mol. The molecule has 1 aliphatic carbocycles. The minimum absolute atomic E-state index is 0.586. The molecule has 0 fully saturated rings. The second-order valence-corrected chi connectivity index (χ2v) is 4.90. The third kappa shape index (κ3) is 1.75. The Hall–Kier alpha value is -1.61. The normalized spacial score (nSPS) is 14.7. The zero-order valence-electron chi connectivity index (χ0n) is 10.7. The minimum atomic E-state index is 0.586. The second-order valence-electron chi connectivity index (χ2n) is 4.90. The monoisotopic (exact) mass is 242 g/mol. The highest BCUT2D eigenvalue weighted by Crippen LogP contribution is 2.32. The summed E-state index contributed by atoms with van der Waals surface area (Å²) in [5, 5.41) is 1.07. The first-order valence-electron chi connectivity index (χ1n) is 6.49. The van der Waals surface area contributed by atoms with Gasteiger partial charge in [0.15, 0.2) is 0 Å². The molecule has 1 aromatic carbocycles. The first-order valence-corrected chi connectivity index (χ1v) is 6.49. The number of nitrogens with zero attached hydrogens (tertiary/aromatic N) is 1. The minimum Gasteiger partial charge on any atom is -0.398 e. The Morgan fingerprint density at radius 1 is 1.28 bits per heavy atom. The van der Waals surface area contributed by atoms with Crippen molar-refractivity contribution >= 4 is 16.6 Å². The van der Waals surface area contributed by atoms with Gasteiger partial charge in [0.05, 0.1) is 12.1 Å². The van der Waals surface area contributed by atoms with Crippen molar-refractivity contribution in [1.29, 1.82) is 0 Å². The van der Waals surface area contributed by atoms with Crippen LogP contribution in [-0.2, 0) is 24.2 Å². The summed E-state index contributed by atoms with van der Waals surface area (Å²) >= 11 is 0. The molecule has 2 N–H and O–H groups in total. The summed E-state index contributed by atoms with van der Waals surface area (Å²) in [6.07, 6.45) is 4.56. The fourth-order valence-electron chi connectivity index (χ4n) is 2.81. The average molecular weight is 242 g/mol. The summed E-state index contributed by atoms with van der Waals surface area (Å²) in [6.45, 7) is 0.586. The summed E-state index contributed by atoms with van der Waals surface area (Å²) < 4.78 is 5.24. The molecule has 0 atom stereocenters. The predicted molar refractivity (Wildman–Crippen MR) is 73.5 cm³/mol. The van der Waals surface area contributed by atoms with Gasteiger partial charge in [0.1, 0.15) is 0 Å². The van der Waals surface area contributed by atoms with E-state index in [2.05, 4.69) is 12.1 Å². The molecule has 3 heteroatoms. The molecule has 0 saturated carbocycles. The standard InChI is InChI=1S/C15H18N2O/c1-18-9-10-5-4-7-12-14(16)11-6-2-3-8-13(11)17-15(10)12/h4-5,7H,2-3,6,8-9H2,1H3,(H2,16,17). The van der Waals surface area contributed by atoms with Crippen molar-refractivity contribution in [2.75, 3.05) is 12.8 Å². The van der Waals surface area contributed by atoms with E-state index in [1.54, 1.807) is 7.11 Å². The molecule has 1 heterocycles. The van der Waals surface area contributed by atoms with Crippen molar-refractivity contribution in [3.05, 3.63) is 35.0 Å². The number of rotatable bonds is 2. The molecule has 18 heavy (non-hydrogen) atoms. The number of nitrogen functional groups attached to an aromatic ring is 1. The molecule has 1 aliphatic rings. The Bertz CT molecular complexity index is 593. The SMILES string of the molecule is COCc1cccc2c(N)c3c(nc12)CCCC3. The Labute approximate surface area is 107 Å². The summed E-state index contributed by atoms with van der Waals surface area (Å²) in [7, 11) is 1.71. The Balaban J connectivity index is 2.27. The zero-order chi connectivity index (χ0) is 12.5. The van der Waals surface area contributed by atoms with Crippen molar-refractivity contribution in [2.45, 2.75) is 32.3 Å². The van der Waals surface area contributed by atoms with E-state index in [1.807, 2.05) is 6.07 Å². The van der Waals surface area contributed by atoms with Crippen molar-refractivity contribution in [2.24, 2.45) is 0 Å². The van der Waals surface area contributed by atoms with Crippen molar-refractivity contribution in [1.82, 2.24) is 4.98 Å². The van der Waals surface area contributed by atoms with Gasteiger partial charge in [-0.1, -0.05) is 18.2 Å². The summed E-state index contributed by atoms with van der Waals surface area (Å²) in [4.78, 5) is 4.84. The van der Waals surface area contributed by atoms with E-state index in [0.29, 0.717) is 6.61 Å². The molecule has 0 bridgehead atoms. The number of aromatic nitrogens is 1. The molecule has 1 aromatic heterocycles. The lowest BCUT2D eigenvalue weighted by molar-refractivity contribution is 0.186. The van der Waals surface area contributed by atoms with Crippen LogP contribution >= 0.6 is 0 Å². The average Bonchev–Trinajstić information content (AvgIpc) is 2.40. The highest BCUT2D eigenvalue weighted by atomic mass is 16.5. The predicted octanol–water partition coefficient (Wildman–Crippen LogP) is 2.84. The quantitative estimate of drug-likeness (QED) is 0.881. The van der Waals surface area contributed by atoms with Crippen molar-refractivity contribution < 1.29 is 4.74 Å². The van der Waals surface area contributed by atoms with Crippen LogP contribution in [0.3, 0.4) is 0 Å². The van der Waals surface area contributed by atoms with Gasteiger partial charge in [-0.2, -0.15) is 0 Å². The van der Waals surface area contributed by atoms with Crippen LogP contribution in [0, 0.1) is 0 Å². The number of anilines is 1. The molecule has 0 saturated heterocycles. The topological polar surface area (TPSA) is 48.1 Å². The van der Waals surface area contributed by atoms with Gasteiger partial charge in [-0.05, 0) is 31.2 Å². The van der Waals surface area contributed by atoms with E-state index in [-0.39, 0.29) is 0 Å². The third-order valence-electron chi connectivity index (χ3n) is 3.72. The number of fused-ring (bicyclic) bond motifs is 2. The molecule has 0 amide bonds. The van der Waals surface area contributed by atoms with Gasteiger partial charge in [-0.25, -0.2) is 0 Å². The molecule has 3 rings (SSSR count). The highest BCUT2D eigenvalue weighted by molar-refractivity contribution is 5.94. The number of ether oxygens (including phenoxy) is 1. The fraction of sp³-hybridized carbons (Fsp3) is 0.400. The number of aryl methyl sites for hydroxylation is 1. The summed E-state index contributed by atoms with van der Waals surface area (Å²) in [5.41, 5.74) is 11.8. The van der Waals surface area contributed by atoms with Crippen LogP contribution in [0.1, 0.15) is 29.7 Å². The van der Waals surface area contributed by atoms with Gasteiger partial charge in [0, 0.05) is 29.4 Å². The molecule has 0 unspecified atom stereocenters. The van der Waals surface area contributed by atoms with Crippen LogP contribution in [0.25, 0.3) is 10.9 Å². The van der Waals surface area contributed by atoms with E-state index < -0.39 is 0 Å². The molecule has 0 spiro atoms. The van der Waals surface area contributed by atoms with Crippen LogP contribution in [-0.4, -0.2) is 12.1 Å². The lowest BCUT2D eigenvalue weighted by Gasteiger charge is -2.19. The van der Waals surface area contributed by atoms with Crippen molar-refractivity contribution in [3.8, 4) is 0 Å². The molecule has 0 radical (unpaired) electrons. The van der Waals surface area contributed by atoms with E-state index >= 15 is 0 Å². The summed E-state index contributed by atoms with van der Waals surface area (Å²) in [6, 6.07) is 6.16. The summed E-state index contributed by atoms with van der Waals surface area (Å²) in [5.74, 6) is 0. The largest absolute Gasteiger partial charge is 0.398 e.